The highest BCUT2D eigenvalue weighted by atomic mass is 16.6. The number of fused-ring (bicyclic) bond motifs is 5. The van der Waals surface area contributed by atoms with Gasteiger partial charge in [-0.2, -0.15) is 0 Å². The van der Waals surface area contributed by atoms with E-state index in [1.807, 2.05) is 44.2 Å². The van der Waals surface area contributed by atoms with Crippen LogP contribution < -0.4 is 32.8 Å². The third-order valence-corrected chi connectivity index (χ3v) is 8.16. The molecule has 46 heavy (non-hydrogen) atoms. The number of amides is 1. The monoisotopic (exact) mass is 633 g/mol. The highest BCUT2D eigenvalue weighted by molar-refractivity contribution is 5.96. The normalized spacial score (nSPS) is 17.4. The number of carbonyl (C=O) groups excluding carboxylic acids is 3. The number of aliphatic imine (C=N–C) groups is 1. The number of esters is 1. The molecule has 0 saturated carbocycles. The smallest absolute Gasteiger partial charge is 0.330 e. The predicted molar refractivity (Wildman–Crippen MR) is 175 cm³/mol. The summed E-state index contributed by atoms with van der Waals surface area (Å²) in [7, 11) is 0. The Labute approximate surface area is 267 Å². The van der Waals surface area contributed by atoms with E-state index in [0.29, 0.717) is 30.9 Å². The molecule has 0 fully saturated rings. The summed E-state index contributed by atoms with van der Waals surface area (Å²) >= 11 is 0. The van der Waals surface area contributed by atoms with E-state index in [0.717, 1.165) is 16.5 Å². The fourth-order valence-electron chi connectivity index (χ4n) is 5.71. The number of ether oxygens (including phenoxy) is 2. The van der Waals surface area contributed by atoms with Crippen LogP contribution >= 0.6 is 0 Å². The molecular weight excluding hydrogens is 590 g/mol. The van der Waals surface area contributed by atoms with Gasteiger partial charge in [-0.15, -0.1) is 0 Å². The van der Waals surface area contributed by atoms with Crippen LogP contribution in [0.3, 0.4) is 0 Å². The summed E-state index contributed by atoms with van der Waals surface area (Å²) in [5, 5.41) is 3.62. The standard InChI is InChI=1S/C31H37N7O6.C2H6/c1-4-31(44-29(42)24(16(2)3)37-27(40)20(32)9-7-11-35-30(33)34)19-13-22-25-18(12-17-8-5-6-10-21(17)36-25)14-38(22)28(41)26(19)43-15-23(31)39;1-2/h5-6,8,10,12-13,16,20,24H,4,7,9,11,14-15,32H2,1-3H3,(H,37,40)(H4,33,34,35);1-2H3/t20-,24+,31-;/m0./s1. The Balaban J connectivity index is 0.00000235. The van der Waals surface area contributed by atoms with E-state index in [9.17, 15) is 19.2 Å². The van der Waals surface area contributed by atoms with Gasteiger partial charge in [-0.1, -0.05) is 52.8 Å². The molecule has 2 aliphatic rings. The van der Waals surface area contributed by atoms with Crippen molar-refractivity contribution in [1.82, 2.24) is 14.9 Å². The van der Waals surface area contributed by atoms with Crippen molar-refractivity contribution in [3.63, 3.8) is 0 Å². The lowest BCUT2D eigenvalue weighted by Crippen LogP contribution is -2.55. The van der Waals surface area contributed by atoms with Crippen molar-refractivity contribution in [2.75, 3.05) is 13.2 Å². The summed E-state index contributed by atoms with van der Waals surface area (Å²) in [6, 6.07) is 9.25. The topological polar surface area (TPSA) is 207 Å². The molecule has 0 bridgehead atoms. The molecule has 0 saturated heterocycles. The van der Waals surface area contributed by atoms with Gasteiger partial charge >= 0.3 is 5.97 Å². The van der Waals surface area contributed by atoms with Gasteiger partial charge in [0.15, 0.2) is 18.3 Å². The maximum Gasteiger partial charge on any atom is 0.330 e. The van der Waals surface area contributed by atoms with Crippen LogP contribution in [0.2, 0.25) is 0 Å². The number of nitrogens with two attached hydrogens (primary N) is 3. The number of hydrogen-bond donors (Lipinski definition) is 4. The van der Waals surface area contributed by atoms with E-state index in [4.69, 9.17) is 31.7 Å². The van der Waals surface area contributed by atoms with Crippen molar-refractivity contribution < 1.29 is 23.9 Å². The fraction of sp³-hybridized carbons (Fsp3) is 0.455. The molecule has 2 aliphatic heterocycles. The van der Waals surface area contributed by atoms with Gasteiger partial charge < -0.3 is 32.0 Å². The lowest BCUT2D eigenvalue weighted by molar-refractivity contribution is -0.176. The molecule has 246 valence electrons. The number of ketones is 1. The first kappa shape index (κ1) is 34.1. The maximum absolute atomic E-state index is 13.7. The van der Waals surface area contributed by atoms with Crippen molar-refractivity contribution in [1.29, 1.82) is 0 Å². The largest absolute Gasteiger partial charge is 0.479 e. The molecule has 13 nitrogen and oxygen atoms in total. The zero-order valence-electron chi connectivity index (χ0n) is 27.0. The first-order chi connectivity index (χ1) is 22.0. The molecule has 5 rings (SSSR count). The molecule has 13 heteroatoms. The minimum Gasteiger partial charge on any atom is -0.479 e. The molecule has 0 spiro atoms. The predicted octanol–water partition coefficient (Wildman–Crippen LogP) is 2.08. The van der Waals surface area contributed by atoms with Gasteiger partial charge in [-0.25, -0.2) is 9.78 Å². The van der Waals surface area contributed by atoms with E-state index in [1.165, 1.54) is 0 Å². The van der Waals surface area contributed by atoms with Gasteiger partial charge in [0.2, 0.25) is 17.3 Å². The number of guanidine groups is 1. The third kappa shape index (κ3) is 6.45. The summed E-state index contributed by atoms with van der Waals surface area (Å²) in [5.74, 6) is -2.40. The number of Topliss-reactive ketones (excluding diaryl/α,β-unsaturated/α-hetero) is 1. The van der Waals surface area contributed by atoms with Crippen LogP contribution in [0.25, 0.3) is 22.3 Å². The Hall–Kier alpha value is -4.78. The summed E-state index contributed by atoms with van der Waals surface area (Å²) in [4.78, 5) is 62.6. The number of carbonyl (C=O) groups is 3. The van der Waals surface area contributed by atoms with Gasteiger partial charge in [-0.05, 0) is 43.4 Å². The van der Waals surface area contributed by atoms with Crippen molar-refractivity contribution in [3.8, 4) is 17.1 Å². The second kappa shape index (κ2) is 14.1. The molecule has 4 heterocycles. The molecule has 3 aromatic rings. The van der Waals surface area contributed by atoms with Crippen LogP contribution in [-0.2, 0) is 31.3 Å². The van der Waals surface area contributed by atoms with Gasteiger partial charge in [0.25, 0.3) is 5.56 Å². The molecule has 1 amide bonds. The van der Waals surface area contributed by atoms with Crippen LogP contribution in [0.5, 0.6) is 5.75 Å². The van der Waals surface area contributed by atoms with Crippen molar-refractivity contribution >= 4 is 34.5 Å². The van der Waals surface area contributed by atoms with Crippen LogP contribution in [-0.4, -0.2) is 58.4 Å². The molecule has 0 aliphatic carbocycles. The third-order valence-electron chi connectivity index (χ3n) is 8.16. The maximum atomic E-state index is 13.7. The van der Waals surface area contributed by atoms with Crippen LogP contribution in [0, 0.1) is 5.92 Å². The summed E-state index contributed by atoms with van der Waals surface area (Å²) in [6.07, 6.45) is 0.781. The van der Waals surface area contributed by atoms with E-state index < -0.39 is 53.4 Å². The summed E-state index contributed by atoms with van der Waals surface area (Å²) in [5.41, 5.74) is 17.4. The number of aromatic nitrogens is 2. The van der Waals surface area contributed by atoms with E-state index in [1.54, 1.807) is 31.4 Å². The Morgan fingerprint density at radius 3 is 2.57 bits per heavy atom. The quantitative estimate of drug-likeness (QED) is 0.0865. The van der Waals surface area contributed by atoms with E-state index in [2.05, 4.69) is 10.3 Å². The van der Waals surface area contributed by atoms with E-state index in [-0.39, 0.29) is 30.1 Å². The zero-order valence-corrected chi connectivity index (χ0v) is 27.0. The van der Waals surface area contributed by atoms with Gasteiger partial charge in [-0.3, -0.25) is 23.9 Å². The SMILES string of the molecule is CC.CC[C@@]1(OC(=O)[C@H](NC(=O)[C@@H](N)CCCN=C(N)N)C(C)C)C(=O)COc2c1cc1n(c2=O)Cc2cc3ccccc3nc2-1. The number of nitrogens with one attached hydrogen (secondary N) is 1. The Kier molecular flexibility index (Phi) is 10.5. The van der Waals surface area contributed by atoms with Gasteiger partial charge in [0.05, 0.1) is 35.1 Å². The molecule has 7 N–H and O–H groups in total. The van der Waals surface area contributed by atoms with Crippen LogP contribution in [0.4, 0.5) is 0 Å². The second-order valence-corrected chi connectivity index (χ2v) is 11.5. The lowest BCUT2D eigenvalue weighted by atomic mass is 9.84. The molecule has 2 aromatic heterocycles. The first-order valence-corrected chi connectivity index (χ1v) is 15.6. The number of nitrogens with zero attached hydrogens (tertiary/aromatic N) is 3. The van der Waals surface area contributed by atoms with Crippen molar-refractivity contribution in [2.45, 2.75) is 78.1 Å². The molecule has 3 atom stereocenters. The Bertz CT molecular complexity index is 1730. The first-order valence-electron chi connectivity index (χ1n) is 15.6. The van der Waals surface area contributed by atoms with Gasteiger partial charge in [0, 0.05) is 17.5 Å². The second-order valence-electron chi connectivity index (χ2n) is 11.5. The minimum absolute atomic E-state index is 0.0396. The molecular formula is C33H43N7O6. The number of rotatable bonds is 10. The number of pyridine rings is 2. The summed E-state index contributed by atoms with van der Waals surface area (Å²) in [6.45, 7) is 9.32. The van der Waals surface area contributed by atoms with Crippen LogP contribution in [0.15, 0.2) is 46.2 Å². The van der Waals surface area contributed by atoms with E-state index >= 15 is 0 Å². The Morgan fingerprint density at radius 2 is 1.89 bits per heavy atom. The molecule has 0 radical (unpaired) electrons. The van der Waals surface area contributed by atoms with Gasteiger partial charge in [0.1, 0.15) is 6.04 Å². The number of para-hydroxylation sites is 1. The lowest BCUT2D eigenvalue weighted by Gasteiger charge is -2.37. The number of benzene rings is 1. The highest BCUT2D eigenvalue weighted by Crippen LogP contribution is 2.43. The van der Waals surface area contributed by atoms with Crippen LogP contribution in [0.1, 0.15) is 65.0 Å². The Morgan fingerprint density at radius 1 is 1.17 bits per heavy atom. The van der Waals surface area contributed by atoms with Crippen molar-refractivity contribution in [2.24, 2.45) is 28.1 Å². The number of hydrogen-bond acceptors (Lipinski definition) is 9. The zero-order chi connectivity index (χ0) is 33.8. The molecule has 0 unspecified atom stereocenters. The fourth-order valence-corrected chi connectivity index (χ4v) is 5.71. The average molecular weight is 634 g/mol. The summed E-state index contributed by atoms with van der Waals surface area (Å²) < 4.78 is 13.3. The highest BCUT2D eigenvalue weighted by Gasteiger charge is 2.50. The minimum atomic E-state index is -1.81. The average Bonchev–Trinajstić information content (AvgIpc) is 3.40. The van der Waals surface area contributed by atoms with Crippen molar-refractivity contribution in [3.05, 3.63) is 57.9 Å². The molecule has 1 aromatic carbocycles.